The smallest absolute Gasteiger partial charge is 0.226 e. The summed E-state index contributed by atoms with van der Waals surface area (Å²) < 4.78 is 10.5. The standard InChI is InChI=1S/C22H26N2O5/c1-15(25)18-6-5-7-19(13-18)23-22(27)10-11-24(16(2)26)14-17-8-9-20(28-3)21(12-17)29-4/h5-9,12-13H,10-11,14H2,1-4H3,(H,23,27). The second kappa shape index (κ2) is 10.3. The van der Waals surface area contributed by atoms with Gasteiger partial charge in [0.2, 0.25) is 11.8 Å². The minimum Gasteiger partial charge on any atom is -0.493 e. The molecule has 0 radical (unpaired) electrons. The maximum atomic E-state index is 12.3. The molecule has 0 aliphatic heterocycles. The minimum absolute atomic E-state index is 0.0706. The second-order valence-electron chi connectivity index (χ2n) is 6.57. The number of Topliss-reactive ketones (excluding diaryl/α,β-unsaturated/α-hetero) is 1. The van der Waals surface area contributed by atoms with E-state index in [-0.39, 0.29) is 30.6 Å². The molecule has 1 N–H and O–H groups in total. The topological polar surface area (TPSA) is 84.9 Å². The van der Waals surface area contributed by atoms with Gasteiger partial charge in [-0.25, -0.2) is 0 Å². The highest BCUT2D eigenvalue weighted by molar-refractivity contribution is 5.97. The van der Waals surface area contributed by atoms with Crippen LogP contribution in [0.5, 0.6) is 11.5 Å². The van der Waals surface area contributed by atoms with E-state index >= 15 is 0 Å². The molecule has 2 aromatic carbocycles. The van der Waals surface area contributed by atoms with E-state index in [9.17, 15) is 14.4 Å². The molecule has 154 valence electrons. The molecule has 0 saturated carbocycles. The summed E-state index contributed by atoms with van der Waals surface area (Å²) in [6, 6.07) is 12.2. The first-order valence-electron chi connectivity index (χ1n) is 9.21. The SMILES string of the molecule is COc1ccc(CN(CCC(=O)Nc2cccc(C(C)=O)c2)C(C)=O)cc1OC. The van der Waals surface area contributed by atoms with E-state index in [1.807, 2.05) is 12.1 Å². The van der Waals surface area contributed by atoms with Crippen LogP contribution < -0.4 is 14.8 Å². The fraction of sp³-hybridized carbons (Fsp3) is 0.318. The molecule has 7 nitrogen and oxygen atoms in total. The molecule has 0 spiro atoms. The lowest BCUT2D eigenvalue weighted by atomic mass is 10.1. The molecule has 0 bridgehead atoms. The molecule has 7 heteroatoms. The van der Waals surface area contributed by atoms with E-state index in [1.165, 1.54) is 13.8 Å². The van der Waals surface area contributed by atoms with E-state index in [4.69, 9.17) is 9.47 Å². The molecule has 2 amide bonds. The van der Waals surface area contributed by atoms with Gasteiger partial charge in [-0.2, -0.15) is 0 Å². The molecule has 0 aliphatic carbocycles. The molecule has 2 rings (SSSR count). The van der Waals surface area contributed by atoms with Crippen LogP contribution in [0.15, 0.2) is 42.5 Å². The highest BCUT2D eigenvalue weighted by Crippen LogP contribution is 2.28. The van der Waals surface area contributed by atoms with Crippen LogP contribution in [0.4, 0.5) is 5.69 Å². The fourth-order valence-electron chi connectivity index (χ4n) is 2.82. The quantitative estimate of drug-likeness (QED) is 0.655. The van der Waals surface area contributed by atoms with Crippen LogP contribution in [0.25, 0.3) is 0 Å². The van der Waals surface area contributed by atoms with Crippen LogP contribution in [0, 0.1) is 0 Å². The summed E-state index contributed by atoms with van der Waals surface area (Å²) >= 11 is 0. The molecule has 0 heterocycles. The van der Waals surface area contributed by atoms with Gasteiger partial charge in [-0.15, -0.1) is 0 Å². The van der Waals surface area contributed by atoms with Crippen LogP contribution >= 0.6 is 0 Å². The lowest BCUT2D eigenvalue weighted by Crippen LogP contribution is -2.31. The number of methoxy groups -OCH3 is 2. The average molecular weight is 398 g/mol. The zero-order chi connectivity index (χ0) is 21.4. The van der Waals surface area contributed by atoms with Crippen molar-refractivity contribution in [3.63, 3.8) is 0 Å². The molecular formula is C22H26N2O5. The Labute approximate surface area is 170 Å². The molecule has 29 heavy (non-hydrogen) atoms. The maximum Gasteiger partial charge on any atom is 0.226 e. The lowest BCUT2D eigenvalue weighted by Gasteiger charge is -2.21. The number of rotatable bonds is 9. The Balaban J connectivity index is 1.99. The van der Waals surface area contributed by atoms with E-state index < -0.39 is 0 Å². The summed E-state index contributed by atoms with van der Waals surface area (Å²) in [6.07, 6.45) is 0.136. The van der Waals surface area contributed by atoms with Crippen LogP contribution in [0.3, 0.4) is 0 Å². The number of amides is 2. The van der Waals surface area contributed by atoms with Gasteiger partial charge in [0.15, 0.2) is 17.3 Å². The Morgan fingerprint density at radius 1 is 0.966 bits per heavy atom. The van der Waals surface area contributed by atoms with Gasteiger partial charge in [-0.3, -0.25) is 14.4 Å². The number of nitrogens with zero attached hydrogens (tertiary/aromatic N) is 1. The number of ketones is 1. The van der Waals surface area contributed by atoms with Crippen LogP contribution in [-0.4, -0.2) is 43.3 Å². The number of carbonyl (C=O) groups is 3. The lowest BCUT2D eigenvalue weighted by molar-refractivity contribution is -0.129. The van der Waals surface area contributed by atoms with Crippen molar-refractivity contribution in [1.29, 1.82) is 0 Å². The monoisotopic (exact) mass is 398 g/mol. The van der Waals surface area contributed by atoms with Gasteiger partial charge in [0.1, 0.15) is 0 Å². The van der Waals surface area contributed by atoms with E-state index in [1.54, 1.807) is 49.5 Å². The molecule has 0 saturated heterocycles. The Bertz CT molecular complexity index is 895. The summed E-state index contributed by atoms with van der Waals surface area (Å²) in [6.45, 7) is 3.56. The summed E-state index contributed by atoms with van der Waals surface area (Å²) in [4.78, 5) is 37.4. The van der Waals surface area contributed by atoms with Gasteiger partial charge in [-0.05, 0) is 36.8 Å². The number of nitrogens with one attached hydrogen (secondary N) is 1. The van der Waals surface area contributed by atoms with Gasteiger partial charge in [-0.1, -0.05) is 18.2 Å². The third-order valence-electron chi connectivity index (χ3n) is 4.43. The van der Waals surface area contributed by atoms with E-state index in [0.717, 1.165) is 5.56 Å². The van der Waals surface area contributed by atoms with Crippen LogP contribution in [-0.2, 0) is 16.1 Å². The second-order valence-corrected chi connectivity index (χ2v) is 6.57. The summed E-state index contributed by atoms with van der Waals surface area (Å²) in [5.74, 6) is 0.753. The summed E-state index contributed by atoms with van der Waals surface area (Å²) in [5.41, 5.74) is 1.95. The van der Waals surface area contributed by atoms with Crippen molar-refractivity contribution in [2.45, 2.75) is 26.8 Å². The van der Waals surface area contributed by atoms with Gasteiger partial charge in [0, 0.05) is 37.7 Å². The Morgan fingerprint density at radius 2 is 1.69 bits per heavy atom. The maximum absolute atomic E-state index is 12.3. The third kappa shape index (κ3) is 6.34. The first kappa shape index (κ1) is 21.9. The first-order chi connectivity index (χ1) is 13.8. The van der Waals surface area contributed by atoms with Gasteiger partial charge in [0.05, 0.1) is 14.2 Å². The molecule has 0 atom stereocenters. The number of ether oxygens (including phenoxy) is 2. The van der Waals surface area contributed by atoms with Crippen molar-refractivity contribution in [3.05, 3.63) is 53.6 Å². The summed E-state index contributed by atoms with van der Waals surface area (Å²) in [7, 11) is 3.11. The largest absolute Gasteiger partial charge is 0.493 e. The highest BCUT2D eigenvalue weighted by atomic mass is 16.5. The van der Waals surface area contributed by atoms with Crippen molar-refractivity contribution >= 4 is 23.3 Å². The normalized spacial score (nSPS) is 10.2. The molecular weight excluding hydrogens is 372 g/mol. The van der Waals surface area contributed by atoms with Crippen LogP contribution in [0.2, 0.25) is 0 Å². The number of carbonyl (C=O) groups excluding carboxylic acids is 3. The minimum atomic E-state index is -0.232. The molecule has 0 aromatic heterocycles. The van der Waals surface area contributed by atoms with E-state index in [0.29, 0.717) is 29.3 Å². The van der Waals surface area contributed by atoms with Gasteiger partial charge in [0.25, 0.3) is 0 Å². The zero-order valence-electron chi connectivity index (χ0n) is 17.2. The van der Waals surface area contributed by atoms with E-state index in [2.05, 4.69) is 5.32 Å². The van der Waals surface area contributed by atoms with Crippen molar-refractivity contribution < 1.29 is 23.9 Å². The van der Waals surface area contributed by atoms with Gasteiger partial charge < -0.3 is 19.7 Å². The Morgan fingerprint density at radius 3 is 2.31 bits per heavy atom. The predicted molar refractivity (Wildman–Crippen MR) is 110 cm³/mol. The van der Waals surface area contributed by atoms with Crippen molar-refractivity contribution in [2.75, 3.05) is 26.1 Å². The Hall–Kier alpha value is -3.35. The van der Waals surface area contributed by atoms with Crippen molar-refractivity contribution in [3.8, 4) is 11.5 Å². The van der Waals surface area contributed by atoms with Crippen molar-refractivity contribution in [2.24, 2.45) is 0 Å². The first-order valence-corrected chi connectivity index (χ1v) is 9.21. The summed E-state index contributed by atoms with van der Waals surface area (Å²) in [5, 5.41) is 2.76. The highest BCUT2D eigenvalue weighted by Gasteiger charge is 2.14. The number of hydrogen-bond donors (Lipinski definition) is 1. The molecule has 0 aliphatic rings. The molecule has 2 aromatic rings. The van der Waals surface area contributed by atoms with Crippen LogP contribution in [0.1, 0.15) is 36.2 Å². The van der Waals surface area contributed by atoms with Gasteiger partial charge >= 0.3 is 0 Å². The molecule has 0 unspecified atom stereocenters. The number of hydrogen-bond acceptors (Lipinski definition) is 5. The number of anilines is 1. The third-order valence-corrected chi connectivity index (χ3v) is 4.43. The number of benzene rings is 2. The van der Waals surface area contributed by atoms with Crippen molar-refractivity contribution in [1.82, 2.24) is 4.90 Å². The fourth-order valence-corrected chi connectivity index (χ4v) is 2.82. The molecule has 0 fully saturated rings. The Kier molecular flexibility index (Phi) is 7.77. The predicted octanol–water partition coefficient (Wildman–Crippen LogP) is 3.28. The zero-order valence-corrected chi connectivity index (χ0v) is 17.2. The average Bonchev–Trinajstić information content (AvgIpc) is 2.70.